The zero-order valence-electron chi connectivity index (χ0n) is 8.33. The summed E-state index contributed by atoms with van der Waals surface area (Å²) in [5.74, 6) is 0. The normalized spacial score (nSPS) is 11.1. The van der Waals surface area contributed by atoms with Crippen molar-refractivity contribution in [1.82, 2.24) is 0 Å². The monoisotopic (exact) mass is 281 g/mol. The van der Waals surface area contributed by atoms with Crippen molar-refractivity contribution in [1.29, 1.82) is 0 Å². The molecule has 0 saturated carbocycles. The number of rotatable bonds is 3. The van der Waals surface area contributed by atoms with Crippen LogP contribution in [0.5, 0.6) is 0 Å². The molecule has 0 aliphatic carbocycles. The highest BCUT2D eigenvalue weighted by Gasteiger charge is 2.31. The largest absolute Gasteiger partial charge is 0.222 e. The van der Waals surface area contributed by atoms with Gasteiger partial charge in [-0.25, -0.2) is 0 Å². The van der Waals surface area contributed by atoms with Crippen molar-refractivity contribution in [3.63, 3.8) is 0 Å². The molecule has 0 unspecified atom stereocenters. The molecule has 0 nitrogen and oxygen atoms in total. The highest BCUT2D eigenvalue weighted by Crippen LogP contribution is 2.38. The second kappa shape index (κ2) is 4.75. The average molecular weight is 281 g/mol. The number of hydrogen-bond acceptors (Lipinski definition) is 3. The van der Waals surface area contributed by atoms with Gasteiger partial charge in [0.25, 0.3) is 0 Å². The van der Waals surface area contributed by atoms with Crippen LogP contribution in [0.25, 0.3) is 0 Å². The Labute approximate surface area is 110 Å². The van der Waals surface area contributed by atoms with Gasteiger partial charge in [-0.2, -0.15) is 0 Å². The van der Waals surface area contributed by atoms with Gasteiger partial charge in [0.15, 0.2) is 0 Å². The van der Waals surface area contributed by atoms with E-state index in [1.54, 1.807) is 0 Å². The van der Waals surface area contributed by atoms with E-state index in [-0.39, 0.29) is 10.9 Å². The van der Waals surface area contributed by atoms with Crippen molar-refractivity contribution >= 4 is 44.9 Å². The van der Waals surface area contributed by atoms with Gasteiger partial charge in [-0.15, -0.1) is 0 Å². The van der Waals surface area contributed by atoms with E-state index in [0.717, 1.165) is 0 Å². The third-order valence-corrected chi connectivity index (χ3v) is 8.05. The van der Waals surface area contributed by atoms with E-state index < -0.39 is 0 Å². The van der Waals surface area contributed by atoms with Crippen molar-refractivity contribution in [2.75, 3.05) is 0 Å². The Hall–Kier alpha value is -0.550. The smallest absolute Gasteiger partial charge is 0.0935 e. The van der Waals surface area contributed by atoms with Gasteiger partial charge in [0.2, 0.25) is 12.6 Å². The topological polar surface area (TPSA) is 0 Å². The minimum absolute atomic E-state index is 0.134. The lowest BCUT2D eigenvalue weighted by molar-refractivity contribution is 1.55. The van der Waals surface area contributed by atoms with E-state index in [1.165, 1.54) is 12.6 Å². The average Bonchev–Trinajstić information content (AvgIpc) is 3.02. The fourth-order valence-electron chi connectivity index (χ4n) is 1.44. The van der Waals surface area contributed by atoms with Crippen LogP contribution in [0.1, 0.15) is 0 Å². The molecule has 0 saturated heterocycles. The van der Waals surface area contributed by atoms with Crippen molar-refractivity contribution in [2.45, 2.75) is 12.6 Å². The van der Waals surface area contributed by atoms with Crippen molar-refractivity contribution < 1.29 is 0 Å². The van der Waals surface area contributed by atoms with E-state index in [2.05, 4.69) is 52.5 Å². The first-order chi connectivity index (χ1) is 7.95. The number of hydrogen-bond donors (Lipinski definition) is 0. The molecular weight excluding hydrogens is 272 g/mol. The molecule has 80 valence electrons. The summed E-state index contributed by atoms with van der Waals surface area (Å²) in [4.78, 5) is 0. The summed E-state index contributed by atoms with van der Waals surface area (Å²) in [5.41, 5.74) is 0. The first kappa shape index (κ1) is 10.6. The third kappa shape index (κ3) is 1.98. The molecule has 0 radical (unpaired) electrons. The van der Waals surface area contributed by atoms with E-state index in [4.69, 9.17) is 0 Å². The van der Waals surface area contributed by atoms with Crippen molar-refractivity contribution in [3.05, 3.63) is 52.5 Å². The molecule has 0 aliphatic rings. The second-order valence-electron chi connectivity index (χ2n) is 3.10. The molecule has 4 heteroatoms. The zero-order valence-corrected chi connectivity index (χ0v) is 11.6. The van der Waals surface area contributed by atoms with Crippen LogP contribution in [0.3, 0.4) is 0 Å². The minimum Gasteiger partial charge on any atom is -0.0935 e. The lowest BCUT2D eigenvalue weighted by atomic mass is 10.7. The predicted octanol–water partition coefficient (Wildman–Crippen LogP) is 4.97. The Balaban J connectivity index is 2.09. The van der Waals surface area contributed by atoms with Crippen LogP contribution >= 0.6 is 34.0 Å². The summed E-state index contributed by atoms with van der Waals surface area (Å²) in [5, 5.41) is 6.49. The summed E-state index contributed by atoms with van der Waals surface area (Å²) in [6, 6.07) is 13.2. The molecule has 16 heavy (non-hydrogen) atoms. The number of thiophene rings is 3. The van der Waals surface area contributed by atoms with Gasteiger partial charge in [-0.05, 0) is 34.3 Å². The molecule has 0 spiro atoms. The summed E-state index contributed by atoms with van der Waals surface area (Å²) in [6.45, 7) is 0. The van der Waals surface area contributed by atoms with Gasteiger partial charge in [-0.1, -0.05) is 34.0 Å². The van der Waals surface area contributed by atoms with Gasteiger partial charge in [0.1, 0.15) is 10.9 Å². The standard InChI is InChI=1S/C12H9S4/c1-4-10(13-7-1)16(11-5-2-8-14-11)12-6-3-9-15-12/h1-9H/q+1. The predicted molar refractivity (Wildman–Crippen MR) is 75.1 cm³/mol. The van der Waals surface area contributed by atoms with E-state index in [9.17, 15) is 0 Å². The molecule has 0 bridgehead atoms. The van der Waals surface area contributed by atoms with E-state index in [1.807, 2.05) is 34.0 Å². The maximum atomic E-state index is 2.24. The van der Waals surface area contributed by atoms with Gasteiger partial charge >= 0.3 is 0 Å². The SMILES string of the molecule is c1csc([S+](c2cccs2)c2cccs2)c1. The van der Waals surface area contributed by atoms with E-state index in [0.29, 0.717) is 0 Å². The highest BCUT2D eigenvalue weighted by molar-refractivity contribution is 8.02. The molecule has 3 aromatic rings. The third-order valence-electron chi connectivity index (χ3n) is 2.09. The molecule has 3 rings (SSSR count). The lowest BCUT2D eigenvalue weighted by Crippen LogP contribution is -1.97. The van der Waals surface area contributed by atoms with Gasteiger partial charge in [0.05, 0.1) is 0 Å². The minimum atomic E-state index is 0.134. The van der Waals surface area contributed by atoms with Crippen LogP contribution in [0, 0.1) is 0 Å². The van der Waals surface area contributed by atoms with Crippen LogP contribution < -0.4 is 0 Å². The molecule has 0 aliphatic heterocycles. The summed E-state index contributed by atoms with van der Waals surface area (Å²) < 4.78 is 4.39. The first-order valence-corrected chi connectivity index (χ1v) is 8.66. The van der Waals surface area contributed by atoms with Crippen LogP contribution in [-0.2, 0) is 10.9 Å². The lowest BCUT2D eigenvalue weighted by Gasteiger charge is -1.98. The van der Waals surface area contributed by atoms with Gasteiger partial charge in [-0.3, -0.25) is 0 Å². The quantitative estimate of drug-likeness (QED) is 0.595. The molecule has 0 fully saturated rings. The Bertz CT molecular complexity index is 438. The van der Waals surface area contributed by atoms with E-state index >= 15 is 0 Å². The molecule has 0 aromatic carbocycles. The molecule has 0 amide bonds. The van der Waals surface area contributed by atoms with Crippen LogP contribution in [0.15, 0.2) is 65.2 Å². The van der Waals surface area contributed by atoms with Crippen molar-refractivity contribution in [2.24, 2.45) is 0 Å². The van der Waals surface area contributed by atoms with Crippen LogP contribution in [0.2, 0.25) is 0 Å². The molecule has 0 N–H and O–H groups in total. The maximum absolute atomic E-state index is 2.24. The molecule has 0 atom stereocenters. The van der Waals surface area contributed by atoms with Crippen molar-refractivity contribution in [3.8, 4) is 0 Å². The van der Waals surface area contributed by atoms with Crippen LogP contribution in [0.4, 0.5) is 0 Å². The summed E-state index contributed by atoms with van der Waals surface area (Å²) in [7, 11) is 0.134. The van der Waals surface area contributed by atoms with Gasteiger partial charge < -0.3 is 0 Å². The Kier molecular flexibility index (Phi) is 3.15. The Morgan fingerprint density at radius 1 is 0.625 bits per heavy atom. The molecule has 3 aromatic heterocycles. The Morgan fingerprint density at radius 3 is 1.25 bits per heavy atom. The fourth-order valence-corrected chi connectivity index (χ4v) is 7.77. The highest BCUT2D eigenvalue weighted by atomic mass is 32.3. The second-order valence-corrected chi connectivity index (χ2v) is 8.65. The maximum Gasteiger partial charge on any atom is 0.222 e. The zero-order chi connectivity index (χ0) is 10.8. The Morgan fingerprint density at radius 2 is 1.00 bits per heavy atom. The van der Waals surface area contributed by atoms with Crippen LogP contribution in [-0.4, -0.2) is 0 Å². The molecule has 3 heterocycles. The molecular formula is C12H9S4+. The summed E-state index contributed by atoms with van der Waals surface area (Å²) in [6.07, 6.45) is 0. The fraction of sp³-hybridized carbons (Fsp3) is 0. The first-order valence-electron chi connectivity index (χ1n) is 4.80. The summed E-state index contributed by atoms with van der Waals surface area (Å²) >= 11 is 5.56. The van der Waals surface area contributed by atoms with Gasteiger partial charge in [0, 0.05) is 18.2 Å².